The molecule has 0 amide bonds. The van der Waals surface area contributed by atoms with Crippen molar-refractivity contribution >= 4 is 46.4 Å². The van der Waals surface area contributed by atoms with Gasteiger partial charge < -0.3 is 14.6 Å². The van der Waals surface area contributed by atoms with E-state index in [-0.39, 0.29) is 18.6 Å². The number of fused-ring (bicyclic) bond motifs is 6. The first kappa shape index (κ1) is 41.0. The summed E-state index contributed by atoms with van der Waals surface area (Å²) < 4.78 is 14.7. The van der Waals surface area contributed by atoms with Crippen LogP contribution in [0.2, 0.25) is 10.0 Å². The second kappa shape index (κ2) is 16.6. The van der Waals surface area contributed by atoms with Crippen molar-refractivity contribution in [1.29, 1.82) is 0 Å². The predicted octanol–water partition coefficient (Wildman–Crippen LogP) is 8.74. The number of carbonyl (C=O) groups is 2. The predicted molar refractivity (Wildman–Crippen MR) is 226 cm³/mol. The van der Waals surface area contributed by atoms with Gasteiger partial charge in [-0.05, 0) is 74.5 Å². The molecule has 8 rings (SSSR count). The van der Waals surface area contributed by atoms with E-state index in [1.54, 1.807) is 26.4 Å². The van der Waals surface area contributed by atoms with Gasteiger partial charge in [0.1, 0.15) is 41.0 Å². The average Bonchev–Trinajstić information content (AvgIpc) is 3.71. The third-order valence-electron chi connectivity index (χ3n) is 10.1. The van der Waals surface area contributed by atoms with Crippen molar-refractivity contribution < 1.29 is 24.2 Å². The SMILES string of the molecule is COc1ccc2c(c1)C(c1ccc(Cl)cc1)=N[C@@H](CC(=O)C(C)(C)C)c1nnc(C)n1-2.COc1ccc2c(c1)C(c1ccc(Cl)cc1)=N[C@@H](CC(=O)O)c1nnc(C)n1-2. The zero-order valence-electron chi connectivity index (χ0n) is 33.6. The standard InChI is InChI=1S/C24H25ClN4O2.C20H17ClN4O3/c1-14-27-28-23-19(13-21(30)24(2,3)4)26-22(15-6-8-16(25)9-7-15)18-12-17(31-5)10-11-20(18)29(14)23;1-11-23-24-20-16(10-18(26)27)22-19(12-3-5-13(21)6-4-12)15-9-14(28-2)7-8-17(15)25(11)20/h6-12,19H,13H2,1-5H3;3-9,16H,10H2,1-2H3,(H,26,27)/t19-;16-/m00/s1. The summed E-state index contributed by atoms with van der Waals surface area (Å²) in [5.41, 5.74) is 6.09. The van der Waals surface area contributed by atoms with Crippen LogP contribution in [0.3, 0.4) is 0 Å². The highest BCUT2D eigenvalue weighted by atomic mass is 35.5. The van der Waals surface area contributed by atoms with Gasteiger partial charge in [0.2, 0.25) is 0 Å². The van der Waals surface area contributed by atoms with Crippen LogP contribution in [0, 0.1) is 19.3 Å². The number of nitrogens with zero attached hydrogens (tertiary/aromatic N) is 8. The molecule has 6 aromatic rings. The maximum atomic E-state index is 13.0. The van der Waals surface area contributed by atoms with Crippen LogP contribution in [-0.4, -0.2) is 72.0 Å². The molecule has 302 valence electrons. The number of methoxy groups -OCH3 is 2. The number of carboxylic acids is 1. The average molecular weight is 834 g/mol. The van der Waals surface area contributed by atoms with Crippen LogP contribution in [0.1, 0.15) is 91.2 Å². The van der Waals surface area contributed by atoms with E-state index in [1.807, 2.05) is 117 Å². The van der Waals surface area contributed by atoms with Crippen LogP contribution in [0.25, 0.3) is 11.4 Å². The maximum absolute atomic E-state index is 13.0. The van der Waals surface area contributed by atoms with Crippen LogP contribution in [0.5, 0.6) is 11.5 Å². The minimum absolute atomic E-state index is 0.118. The first-order chi connectivity index (χ1) is 28.2. The van der Waals surface area contributed by atoms with Gasteiger partial charge >= 0.3 is 5.97 Å². The van der Waals surface area contributed by atoms with Gasteiger partial charge in [0.05, 0.1) is 43.4 Å². The second-order valence-electron chi connectivity index (χ2n) is 15.1. The summed E-state index contributed by atoms with van der Waals surface area (Å²) in [6.45, 7) is 9.50. The molecule has 15 heteroatoms. The Labute approximate surface area is 351 Å². The molecule has 59 heavy (non-hydrogen) atoms. The molecule has 13 nitrogen and oxygen atoms in total. The Bertz CT molecular complexity index is 2630. The van der Waals surface area contributed by atoms with Crippen LogP contribution in [0.15, 0.2) is 94.9 Å². The Morgan fingerprint density at radius 2 is 1.05 bits per heavy atom. The van der Waals surface area contributed by atoms with Crippen molar-refractivity contribution in [2.45, 2.75) is 59.5 Å². The van der Waals surface area contributed by atoms with Crippen molar-refractivity contribution in [3.63, 3.8) is 0 Å². The van der Waals surface area contributed by atoms with Gasteiger partial charge in [-0.3, -0.25) is 28.7 Å². The largest absolute Gasteiger partial charge is 0.497 e. The van der Waals surface area contributed by atoms with E-state index >= 15 is 0 Å². The van der Waals surface area contributed by atoms with Gasteiger partial charge in [-0.1, -0.05) is 68.2 Å². The van der Waals surface area contributed by atoms with Crippen molar-refractivity contribution in [3.05, 3.63) is 141 Å². The molecule has 2 atom stereocenters. The van der Waals surface area contributed by atoms with E-state index in [1.165, 1.54) is 0 Å². The number of aliphatic imine (C=N–C) groups is 2. The molecular weight excluding hydrogens is 791 g/mol. The van der Waals surface area contributed by atoms with Gasteiger partial charge in [0.25, 0.3) is 0 Å². The monoisotopic (exact) mass is 832 g/mol. The summed E-state index contributed by atoms with van der Waals surface area (Å²) in [7, 11) is 3.23. The topological polar surface area (TPSA) is 159 Å². The number of aryl methyl sites for hydroxylation is 2. The molecule has 1 N–H and O–H groups in total. The van der Waals surface area contributed by atoms with Crippen LogP contribution in [0.4, 0.5) is 0 Å². The second-order valence-corrected chi connectivity index (χ2v) is 16.0. The highest BCUT2D eigenvalue weighted by molar-refractivity contribution is 6.31. The van der Waals surface area contributed by atoms with Gasteiger partial charge in [-0.15, -0.1) is 20.4 Å². The summed E-state index contributed by atoms with van der Waals surface area (Å²) in [6.07, 6.45) is 0.0458. The molecule has 0 radical (unpaired) electrons. The molecule has 2 aliphatic rings. The number of halogens is 2. The Balaban J connectivity index is 0.000000180. The summed E-state index contributed by atoms with van der Waals surface area (Å²) in [4.78, 5) is 34.3. The summed E-state index contributed by atoms with van der Waals surface area (Å²) >= 11 is 12.2. The van der Waals surface area contributed by atoms with E-state index in [2.05, 4.69) is 20.4 Å². The van der Waals surface area contributed by atoms with E-state index in [4.69, 9.17) is 42.7 Å². The number of aliphatic carboxylic acids is 1. The summed E-state index contributed by atoms with van der Waals surface area (Å²) in [5, 5.41) is 27.8. The minimum Gasteiger partial charge on any atom is -0.497 e. The lowest BCUT2D eigenvalue weighted by atomic mass is 9.87. The number of carboxylic acid groups (broad SMARTS) is 1. The molecule has 0 unspecified atom stereocenters. The number of benzene rings is 4. The first-order valence-electron chi connectivity index (χ1n) is 18.8. The molecule has 4 heterocycles. The molecule has 2 aliphatic heterocycles. The van der Waals surface area contributed by atoms with Gasteiger partial charge in [0, 0.05) is 44.1 Å². The van der Waals surface area contributed by atoms with Gasteiger partial charge in [0.15, 0.2) is 11.6 Å². The van der Waals surface area contributed by atoms with E-state index < -0.39 is 23.5 Å². The maximum Gasteiger partial charge on any atom is 0.306 e. The zero-order valence-corrected chi connectivity index (χ0v) is 35.1. The molecule has 0 saturated heterocycles. The smallest absolute Gasteiger partial charge is 0.306 e. The lowest BCUT2D eigenvalue weighted by Crippen LogP contribution is -2.23. The van der Waals surface area contributed by atoms with E-state index in [9.17, 15) is 14.7 Å². The van der Waals surface area contributed by atoms with Crippen molar-refractivity contribution in [2.24, 2.45) is 15.4 Å². The summed E-state index contributed by atoms with van der Waals surface area (Å²) in [6, 6.07) is 25.2. The fourth-order valence-corrected chi connectivity index (χ4v) is 7.25. The number of aromatic nitrogens is 6. The van der Waals surface area contributed by atoms with Gasteiger partial charge in [-0.25, -0.2) is 0 Å². The lowest BCUT2D eigenvalue weighted by Gasteiger charge is -2.19. The third kappa shape index (κ3) is 8.39. The number of Topliss-reactive ketones (excluding diaryl/α,β-unsaturated/α-hetero) is 1. The highest BCUT2D eigenvalue weighted by Gasteiger charge is 2.33. The van der Waals surface area contributed by atoms with Crippen LogP contribution in [-0.2, 0) is 9.59 Å². The molecule has 0 saturated carbocycles. The Kier molecular flexibility index (Phi) is 11.5. The number of hydrogen-bond acceptors (Lipinski definition) is 10. The van der Waals surface area contributed by atoms with E-state index in [0.29, 0.717) is 39.0 Å². The number of carbonyl (C=O) groups excluding carboxylic acids is 1. The minimum atomic E-state index is -0.958. The Hall–Kier alpha value is -6.18. The number of hydrogen-bond donors (Lipinski definition) is 1. The van der Waals surface area contributed by atoms with E-state index in [0.717, 1.165) is 50.9 Å². The van der Waals surface area contributed by atoms with Crippen molar-refractivity contribution in [1.82, 2.24) is 29.5 Å². The first-order valence-corrected chi connectivity index (χ1v) is 19.6. The molecule has 0 bridgehead atoms. The molecule has 0 aliphatic carbocycles. The fraction of sp³-hybridized carbons (Fsp3) is 0.273. The van der Waals surface area contributed by atoms with Gasteiger partial charge in [-0.2, -0.15) is 0 Å². The molecule has 4 aromatic carbocycles. The zero-order chi connectivity index (χ0) is 42.2. The molecule has 0 spiro atoms. The highest BCUT2D eigenvalue weighted by Crippen LogP contribution is 2.37. The fourth-order valence-electron chi connectivity index (χ4n) is 7.00. The third-order valence-corrected chi connectivity index (χ3v) is 10.6. The summed E-state index contributed by atoms with van der Waals surface area (Å²) in [5.74, 6) is 3.10. The normalized spacial score (nSPS) is 15.4. The number of rotatable bonds is 8. The van der Waals surface area contributed by atoms with Crippen molar-refractivity contribution in [2.75, 3.05) is 14.2 Å². The number of ketones is 1. The van der Waals surface area contributed by atoms with Crippen LogP contribution < -0.4 is 9.47 Å². The molecule has 0 fully saturated rings. The van der Waals surface area contributed by atoms with Crippen molar-refractivity contribution in [3.8, 4) is 22.9 Å². The molecular formula is C44H42Cl2N8O5. The Morgan fingerprint density at radius 3 is 1.42 bits per heavy atom. The number of ether oxygens (including phenoxy) is 2. The quantitative estimate of drug-likeness (QED) is 0.158. The lowest BCUT2D eigenvalue weighted by molar-refractivity contribution is -0.137. The molecule has 2 aromatic heterocycles. The van der Waals surface area contributed by atoms with Crippen LogP contribution >= 0.6 is 23.2 Å². The Morgan fingerprint density at radius 1 is 0.644 bits per heavy atom.